The predicted molar refractivity (Wildman–Crippen MR) is 59.3 cm³/mol. The van der Waals surface area contributed by atoms with Crippen LogP contribution in [0.1, 0.15) is 19.8 Å². The van der Waals surface area contributed by atoms with E-state index in [1.54, 1.807) is 6.92 Å². The van der Waals surface area contributed by atoms with Crippen molar-refractivity contribution in [3.8, 4) is 0 Å². The van der Waals surface area contributed by atoms with E-state index < -0.39 is 11.6 Å². The highest BCUT2D eigenvalue weighted by Crippen LogP contribution is 2.19. The van der Waals surface area contributed by atoms with E-state index in [-0.39, 0.29) is 0 Å². The fourth-order valence-electron chi connectivity index (χ4n) is 1.68. The second-order valence-electron chi connectivity index (χ2n) is 4.27. The number of aliphatic hydroxyl groups is 1. The third kappa shape index (κ3) is 4.74. The van der Waals surface area contributed by atoms with Crippen molar-refractivity contribution in [1.29, 1.82) is 0 Å². The number of rotatable bonds is 5. The van der Waals surface area contributed by atoms with E-state index in [4.69, 9.17) is 9.84 Å². The molecule has 1 aliphatic rings. The summed E-state index contributed by atoms with van der Waals surface area (Å²) in [5, 5.41) is 21.7. The zero-order valence-electron chi connectivity index (χ0n) is 9.53. The maximum atomic E-state index is 10.4. The highest BCUT2D eigenvalue weighted by atomic mass is 16.5. The molecule has 0 aromatic carbocycles. The molecule has 0 spiro atoms. The Hall–Kier alpha value is -0.910. The third-order valence-corrected chi connectivity index (χ3v) is 2.65. The van der Waals surface area contributed by atoms with E-state index in [0.717, 1.165) is 5.57 Å². The molecule has 0 bridgehead atoms. The van der Waals surface area contributed by atoms with Crippen molar-refractivity contribution in [2.24, 2.45) is 0 Å². The highest BCUT2D eigenvalue weighted by Gasteiger charge is 2.28. The van der Waals surface area contributed by atoms with Crippen molar-refractivity contribution in [3.05, 3.63) is 11.6 Å². The number of carboxylic acid groups (broad SMARTS) is 1. The smallest absolute Gasteiger partial charge is 0.328 e. The number of ether oxygens (including phenoxy) is 1. The summed E-state index contributed by atoms with van der Waals surface area (Å²) in [6.07, 6.45) is 2.42. The minimum atomic E-state index is -0.941. The van der Waals surface area contributed by atoms with Gasteiger partial charge in [-0.2, -0.15) is 0 Å². The van der Waals surface area contributed by atoms with Crippen molar-refractivity contribution < 1.29 is 19.7 Å². The molecule has 92 valence electrons. The van der Waals surface area contributed by atoms with E-state index >= 15 is 0 Å². The Morgan fingerprint density at radius 3 is 2.69 bits per heavy atom. The van der Waals surface area contributed by atoms with Crippen LogP contribution in [0.15, 0.2) is 11.6 Å². The SMILES string of the molecule is CC(=CC(=O)O)CNCC1(O)CCOCC1. The second-order valence-corrected chi connectivity index (χ2v) is 4.27. The van der Waals surface area contributed by atoms with Gasteiger partial charge in [0, 0.05) is 45.2 Å². The van der Waals surface area contributed by atoms with E-state index in [9.17, 15) is 9.90 Å². The van der Waals surface area contributed by atoms with Gasteiger partial charge in [-0.1, -0.05) is 5.57 Å². The third-order valence-electron chi connectivity index (χ3n) is 2.65. The van der Waals surface area contributed by atoms with E-state index in [1.165, 1.54) is 6.08 Å². The first-order valence-corrected chi connectivity index (χ1v) is 5.43. The molecule has 1 aliphatic heterocycles. The predicted octanol–water partition coefficient (Wildman–Crippen LogP) is 0.148. The molecular weight excluding hydrogens is 210 g/mol. The average Bonchev–Trinajstić information content (AvgIpc) is 2.17. The molecule has 0 atom stereocenters. The summed E-state index contributed by atoms with van der Waals surface area (Å²) in [5.74, 6) is -0.941. The molecule has 1 fully saturated rings. The Bertz CT molecular complexity index is 269. The van der Waals surface area contributed by atoms with Crippen LogP contribution in [-0.2, 0) is 9.53 Å². The molecule has 0 aliphatic carbocycles. The molecule has 5 heteroatoms. The van der Waals surface area contributed by atoms with Gasteiger partial charge >= 0.3 is 5.97 Å². The zero-order valence-corrected chi connectivity index (χ0v) is 9.53. The molecule has 0 saturated carbocycles. The fourth-order valence-corrected chi connectivity index (χ4v) is 1.68. The summed E-state index contributed by atoms with van der Waals surface area (Å²) in [6.45, 7) is 3.87. The van der Waals surface area contributed by atoms with E-state index in [1.807, 2.05) is 0 Å². The van der Waals surface area contributed by atoms with Gasteiger partial charge in [0.15, 0.2) is 0 Å². The second kappa shape index (κ2) is 5.98. The minimum Gasteiger partial charge on any atom is -0.478 e. The largest absolute Gasteiger partial charge is 0.478 e. The molecule has 0 radical (unpaired) electrons. The van der Waals surface area contributed by atoms with Gasteiger partial charge in [-0.3, -0.25) is 0 Å². The number of aliphatic carboxylic acids is 1. The maximum Gasteiger partial charge on any atom is 0.328 e. The Labute approximate surface area is 95.1 Å². The van der Waals surface area contributed by atoms with Crippen LogP contribution in [0.25, 0.3) is 0 Å². The Balaban J connectivity index is 2.26. The average molecular weight is 229 g/mol. The zero-order chi connectivity index (χ0) is 12.0. The summed E-state index contributed by atoms with van der Waals surface area (Å²) in [6, 6.07) is 0. The van der Waals surface area contributed by atoms with Gasteiger partial charge < -0.3 is 20.3 Å². The van der Waals surface area contributed by atoms with Gasteiger partial charge in [-0.15, -0.1) is 0 Å². The number of carbonyl (C=O) groups is 1. The van der Waals surface area contributed by atoms with E-state index in [2.05, 4.69) is 5.32 Å². The fraction of sp³-hybridized carbons (Fsp3) is 0.727. The van der Waals surface area contributed by atoms with Crippen molar-refractivity contribution in [3.63, 3.8) is 0 Å². The van der Waals surface area contributed by atoms with Gasteiger partial charge in [0.1, 0.15) is 0 Å². The van der Waals surface area contributed by atoms with Gasteiger partial charge in [0.2, 0.25) is 0 Å². The summed E-state index contributed by atoms with van der Waals surface area (Å²) in [4.78, 5) is 10.4. The first kappa shape index (κ1) is 13.2. The van der Waals surface area contributed by atoms with Crippen LogP contribution in [0, 0.1) is 0 Å². The molecule has 3 N–H and O–H groups in total. The molecule has 0 aromatic rings. The summed E-state index contributed by atoms with van der Waals surface area (Å²) in [5.41, 5.74) is 0.0324. The van der Waals surface area contributed by atoms with Gasteiger partial charge in [0.05, 0.1) is 5.60 Å². The maximum absolute atomic E-state index is 10.4. The Morgan fingerprint density at radius 1 is 1.50 bits per heavy atom. The molecule has 1 heterocycles. The van der Waals surface area contributed by atoms with Crippen molar-refractivity contribution in [2.75, 3.05) is 26.3 Å². The summed E-state index contributed by atoms with van der Waals surface area (Å²) in [7, 11) is 0. The number of nitrogens with one attached hydrogen (secondary N) is 1. The molecule has 5 nitrogen and oxygen atoms in total. The van der Waals surface area contributed by atoms with Crippen LogP contribution in [-0.4, -0.2) is 48.1 Å². The molecular formula is C11H19NO4. The molecule has 1 saturated heterocycles. The minimum absolute atomic E-state index is 0.473. The first-order chi connectivity index (χ1) is 7.52. The van der Waals surface area contributed by atoms with E-state index in [0.29, 0.717) is 39.1 Å². The van der Waals surface area contributed by atoms with Crippen LogP contribution in [0.4, 0.5) is 0 Å². The van der Waals surface area contributed by atoms with Crippen molar-refractivity contribution >= 4 is 5.97 Å². The normalized spacial score (nSPS) is 20.8. The van der Waals surface area contributed by atoms with Crippen molar-refractivity contribution in [1.82, 2.24) is 5.32 Å². The molecule has 0 unspecified atom stereocenters. The molecule has 16 heavy (non-hydrogen) atoms. The molecule has 1 rings (SSSR count). The number of hydrogen-bond donors (Lipinski definition) is 3. The summed E-state index contributed by atoms with van der Waals surface area (Å²) >= 11 is 0. The number of hydrogen-bond acceptors (Lipinski definition) is 4. The first-order valence-electron chi connectivity index (χ1n) is 5.43. The van der Waals surface area contributed by atoms with Crippen LogP contribution in [0.2, 0.25) is 0 Å². The lowest BCUT2D eigenvalue weighted by Gasteiger charge is -2.32. The highest BCUT2D eigenvalue weighted by molar-refractivity contribution is 5.80. The van der Waals surface area contributed by atoms with Gasteiger partial charge in [-0.05, 0) is 6.92 Å². The van der Waals surface area contributed by atoms with Crippen LogP contribution in [0.5, 0.6) is 0 Å². The van der Waals surface area contributed by atoms with Crippen LogP contribution < -0.4 is 5.32 Å². The quantitative estimate of drug-likeness (QED) is 0.585. The topological polar surface area (TPSA) is 78.8 Å². The standard InChI is InChI=1S/C11H19NO4/c1-9(6-10(13)14)7-12-8-11(15)2-4-16-5-3-11/h6,12,15H,2-5,7-8H2,1H3,(H,13,14). The van der Waals surface area contributed by atoms with Gasteiger partial charge in [0.25, 0.3) is 0 Å². The van der Waals surface area contributed by atoms with Crippen molar-refractivity contribution in [2.45, 2.75) is 25.4 Å². The van der Waals surface area contributed by atoms with Crippen LogP contribution >= 0.6 is 0 Å². The van der Waals surface area contributed by atoms with Crippen LogP contribution in [0.3, 0.4) is 0 Å². The molecule has 0 aromatic heterocycles. The molecule has 0 amide bonds. The summed E-state index contributed by atoms with van der Waals surface area (Å²) < 4.78 is 5.17. The monoisotopic (exact) mass is 229 g/mol. The lowest BCUT2D eigenvalue weighted by molar-refractivity contribution is -0.131. The number of carboxylic acids is 1. The Kier molecular flexibility index (Phi) is 4.92. The lowest BCUT2D eigenvalue weighted by Crippen LogP contribution is -2.45. The van der Waals surface area contributed by atoms with Gasteiger partial charge in [-0.25, -0.2) is 4.79 Å². The lowest BCUT2D eigenvalue weighted by atomic mass is 9.94. The Morgan fingerprint density at radius 2 is 2.12 bits per heavy atom.